The number of nitrogens with zero attached hydrogens (tertiary/aromatic N) is 3. The van der Waals surface area contributed by atoms with Gasteiger partial charge in [-0.25, -0.2) is 9.78 Å². The van der Waals surface area contributed by atoms with Crippen LogP contribution in [-0.4, -0.2) is 51.6 Å². The standard InChI is InChI=1S/C20H27N5O4/c1-20(2,3)29-19(28)24(4)11-10-15(26)23-18-16(17(21)27)25(13-22-18)12-14-8-6-5-7-9-14/h5-9,13H,10-12H2,1-4H3,(H2,21,27)(H,23,26). The van der Waals surface area contributed by atoms with Crippen molar-refractivity contribution in [1.82, 2.24) is 14.5 Å². The Morgan fingerprint density at radius 1 is 1.21 bits per heavy atom. The van der Waals surface area contributed by atoms with Crippen molar-refractivity contribution in [3.8, 4) is 0 Å². The molecule has 1 aromatic heterocycles. The maximum atomic E-state index is 12.3. The minimum absolute atomic E-state index is 0.0134. The van der Waals surface area contributed by atoms with Crippen molar-refractivity contribution >= 4 is 23.7 Å². The van der Waals surface area contributed by atoms with E-state index >= 15 is 0 Å². The van der Waals surface area contributed by atoms with Crippen LogP contribution in [0.2, 0.25) is 0 Å². The van der Waals surface area contributed by atoms with Crippen molar-refractivity contribution in [1.29, 1.82) is 0 Å². The average Bonchev–Trinajstić information content (AvgIpc) is 3.01. The fourth-order valence-electron chi connectivity index (χ4n) is 2.53. The number of carbonyl (C=O) groups excluding carboxylic acids is 3. The Kier molecular flexibility index (Phi) is 6.98. The van der Waals surface area contributed by atoms with Crippen LogP contribution >= 0.6 is 0 Å². The van der Waals surface area contributed by atoms with Gasteiger partial charge in [0.15, 0.2) is 11.5 Å². The lowest BCUT2D eigenvalue weighted by atomic mass is 10.2. The molecule has 1 heterocycles. The highest BCUT2D eigenvalue weighted by Crippen LogP contribution is 2.16. The molecule has 0 spiro atoms. The molecule has 3 amide bonds. The first-order valence-electron chi connectivity index (χ1n) is 9.19. The third-order valence-corrected chi connectivity index (χ3v) is 3.90. The number of nitrogens with one attached hydrogen (secondary N) is 1. The summed E-state index contributed by atoms with van der Waals surface area (Å²) in [5.74, 6) is -0.995. The third kappa shape index (κ3) is 6.63. The number of benzene rings is 1. The Balaban J connectivity index is 1.99. The molecule has 2 rings (SSSR count). The number of hydrogen-bond donors (Lipinski definition) is 2. The lowest BCUT2D eigenvalue weighted by Gasteiger charge is -2.24. The minimum Gasteiger partial charge on any atom is -0.444 e. The molecule has 156 valence electrons. The van der Waals surface area contributed by atoms with Gasteiger partial charge >= 0.3 is 6.09 Å². The quantitative estimate of drug-likeness (QED) is 0.737. The zero-order valence-electron chi connectivity index (χ0n) is 17.1. The Bertz CT molecular complexity index is 871. The van der Waals surface area contributed by atoms with Gasteiger partial charge in [-0.05, 0) is 26.3 Å². The number of imidazole rings is 1. The van der Waals surface area contributed by atoms with Gasteiger partial charge in [0.1, 0.15) is 5.60 Å². The number of anilines is 1. The lowest BCUT2D eigenvalue weighted by molar-refractivity contribution is -0.116. The highest BCUT2D eigenvalue weighted by atomic mass is 16.6. The molecule has 9 heteroatoms. The number of nitrogens with two attached hydrogens (primary N) is 1. The van der Waals surface area contributed by atoms with Gasteiger partial charge in [0.25, 0.3) is 5.91 Å². The van der Waals surface area contributed by atoms with E-state index in [1.165, 1.54) is 11.2 Å². The first-order chi connectivity index (χ1) is 13.6. The molecule has 0 radical (unpaired) electrons. The maximum Gasteiger partial charge on any atom is 0.410 e. The predicted octanol–water partition coefficient (Wildman–Crippen LogP) is 2.23. The maximum absolute atomic E-state index is 12.3. The summed E-state index contributed by atoms with van der Waals surface area (Å²) in [6.45, 7) is 5.84. The second kappa shape index (κ2) is 9.22. The monoisotopic (exact) mass is 401 g/mol. The van der Waals surface area contributed by atoms with Crippen molar-refractivity contribution in [2.45, 2.75) is 39.3 Å². The summed E-state index contributed by atoms with van der Waals surface area (Å²) in [4.78, 5) is 41.5. The summed E-state index contributed by atoms with van der Waals surface area (Å²) >= 11 is 0. The molecule has 0 aliphatic rings. The number of rotatable bonds is 7. The van der Waals surface area contributed by atoms with Gasteiger partial charge in [0, 0.05) is 26.6 Å². The predicted molar refractivity (Wildman–Crippen MR) is 108 cm³/mol. The molecule has 3 N–H and O–H groups in total. The van der Waals surface area contributed by atoms with Crippen LogP contribution < -0.4 is 11.1 Å². The largest absolute Gasteiger partial charge is 0.444 e. The normalized spacial score (nSPS) is 11.0. The van der Waals surface area contributed by atoms with Crippen molar-refractivity contribution in [3.63, 3.8) is 0 Å². The summed E-state index contributed by atoms with van der Waals surface area (Å²) in [7, 11) is 1.55. The second-order valence-corrected chi connectivity index (χ2v) is 7.62. The zero-order valence-corrected chi connectivity index (χ0v) is 17.1. The topological polar surface area (TPSA) is 120 Å². The van der Waals surface area contributed by atoms with Gasteiger partial charge in [-0.15, -0.1) is 0 Å². The molecule has 9 nitrogen and oxygen atoms in total. The van der Waals surface area contributed by atoms with Crippen molar-refractivity contribution < 1.29 is 19.1 Å². The van der Waals surface area contributed by atoms with Crippen LogP contribution in [0, 0.1) is 0 Å². The molecule has 0 bridgehead atoms. The smallest absolute Gasteiger partial charge is 0.410 e. The van der Waals surface area contributed by atoms with Crippen LogP contribution in [0.25, 0.3) is 0 Å². The van der Waals surface area contributed by atoms with Crippen LogP contribution in [0.15, 0.2) is 36.7 Å². The summed E-state index contributed by atoms with van der Waals surface area (Å²) in [5, 5.41) is 2.59. The van der Waals surface area contributed by atoms with E-state index < -0.39 is 23.5 Å². The van der Waals surface area contributed by atoms with E-state index in [0.29, 0.717) is 6.54 Å². The van der Waals surface area contributed by atoms with Gasteiger partial charge in [0.2, 0.25) is 5.91 Å². The van der Waals surface area contributed by atoms with Crippen molar-refractivity contribution in [2.75, 3.05) is 18.9 Å². The second-order valence-electron chi connectivity index (χ2n) is 7.62. The molecule has 29 heavy (non-hydrogen) atoms. The van der Waals surface area contributed by atoms with Crippen LogP contribution in [0.1, 0.15) is 43.2 Å². The molecule has 2 aromatic rings. The number of carbonyl (C=O) groups is 3. The van der Waals surface area contributed by atoms with Crippen LogP contribution in [0.3, 0.4) is 0 Å². The number of amides is 3. The molecule has 0 saturated heterocycles. The van der Waals surface area contributed by atoms with E-state index in [2.05, 4.69) is 10.3 Å². The molecule has 0 aliphatic heterocycles. The van der Waals surface area contributed by atoms with Crippen molar-refractivity contribution in [2.24, 2.45) is 5.73 Å². The first-order valence-corrected chi connectivity index (χ1v) is 9.19. The number of primary amides is 1. The van der Waals surface area contributed by atoms with Crippen LogP contribution in [0.4, 0.5) is 10.6 Å². The Hall–Kier alpha value is -3.36. The average molecular weight is 401 g/mol. The molecule has 1 aromatic carbocycles. The van der Waals surface area contributed by atoms with E-state index in [4.69, 9.17) is 10.5 Å². The summed E-state index contributed by atoms with van der Waals surface area (Å²) in [6.07, 6.45) is 0.949. The van der Waals surface area contributed by atoms with E-state index in [-0.39, 0.29) is 24.5 Å². The summed E-state index contributed by atoms with van der Waals surface area (Å²) in [5.41, 5.74) is 5.95. The SMILES string of the molecule is CN(CCC(=O)Nc1ncn(Cc2ccccc2)c1C(N)=O)C(=O)OC(C)(C)C. The first kappa shape index (κ1) is 21.9. The Morgan fingerprint density at radius 2 is 1.86 bits per heavy atom. The fraction of sp³-hybridized carbons (Fsp3) is 0.400. The van der Waals surface area contributed by atoms with Gasteiger partial charge in [-0.3, -0.25) is 9.59 Å². The van der Waals surface area contributed by atoms with Gasteiger partial charge in [-0.2, -0.15) is 0 Å². The molecular weight excluding hydrogens is 374 g/mol. The van der Waals surface area contributed by atoms with E-state index in [0.717, 1.165) is 5.56 Å². The van der Waals surface area contributed by atoms with E-state index in [1.54, 1.807) is 32.4 Å². The summed E-state index contributed by atoms with van der Waals surface area (Å²) in [6, 6.07) is 9.50. The van der Waals surface area contributed by atoms with Crippen molar-refractivity contribution in [3.05, 3.63) is 47.9 Å². The Labute approximate surface area is 169 Å². The van der Waals surface area contributed by atoms with Crippen LogP contribution in [-0.2, 0) is 16.1 Å². The number of hydrogen-bond acceptors (Lipinski definition) is 5. The van der Waals surface area contributed by atoms with Gasteiger partial charge in [0.05, 0.1) is 6.33 Å². The molecule has 0 atom stereocenters. The van der Waals surface area contributed by atoms with Gasteiger partial charge in [-0.1, -0.05) is 30.3 Å². The summed E-state index contributed by atoms with van der Waals surface area (Å²) < 4.78 is 6.82. The third-order valence-electron chi connectivity index (χ3n) is 3.90. The van der Waals surface area contributed by atoms with Gasteiger partial charge < -0.3 is 25.3 Å². The van der Waals surface area contributed by atoms with Crippen LogP contribution in [0.5, 0.6) is 0 Å². The molecule has 0 unspecified atom stereocenters. The zero-order chi connectivity index (χ0) is 21.6. The van der Waals surface area contributed by atoms with E-state index in [9.17, 15) is 14.4 Å². The highest BCUT2D eigenvalue weighted by Gasteiger charge is 2.21. The van der Waals surface area contributed by atoms with E-state index in [1.807, 2.05) is 30.3 Å². The molecular formula is C20H27N5O4. The Morgan fingerprint density at radius 3 is 2.45 bits per heavy atom. The minimum atomic E-state index is -0.695. The lowest BCUT2D eigenvalue weighted by Crippen LogP contribution is -2.35. The molecule has 0 fully saturated rings. The fourth-order valence-corrected chi connectivity index (χ4v) is 2.53. The highest BCUT2D eigenvalue weighted by molar-refractivity contribution is 6.00. The number of ether oxygens (including phenoxy) is 1. The molecule has 0 aliphatic carbocycles. The number of aromatic nitrogens is 2. The molecule has 0 saturated carbocycles.